The first kappa shape index (κ1) is 11.2. The maximum absolute atomic E-state index is 11.9. The topological polar surface area (TPSA) is 83.8 Å². The van der Waals surface area contributed by atoms with E-state index in [0.717, 1.165) is 23.0 Å². The Morgan fingerprint density at radius 2 is 2.39 bits per heavy atom. The van der Waals surface area contributed by atoms with Crippen LogP contribution in [0.15, 0.2) is 24.4 Å². The Morgan fingerprint density at radius 1 is 1.56 bits per heavy atom. The summed E-state index contributed by atoms with van der Waals surface area (Å²) in [6.07, 6.45) is 4.96. The van der Waals surface area contributed by atoms with Crippen LogP contribution in [-0.2, 0) is 4.79 Å². The number of rotatable bonds is 4. The van der Waals surface area contributed by atoms with Gasteiger partial charge in [-0.15, -0.1) is 0 Å². The maximum Gasteiger partial charge on any atom is 0.241 e. The lowest BCUT2D eigenvalue weighted by molar-refractivity contribution is -0.117. The van der Waals surface area contributed by atoms with Crippen LogP contribution in [0.1, 0.15) is 19.3 Å². The second kappa shape index (κ2) is 4.42. The third-order valence-electron chi connectivity index (χ3n) is 3.33. The number of benzene rings is 1. The Balaban J connectivity index is 1.68. The quantitative estimate of drug-likeness (QED) is 0.764. The van der Waals surface area contributed by atoms with E-state index in [1.54, 1.807) is 6.20 Å². The van der Waals surface area contributed by atoms with E-state index in [9.17, 15) is 4.79 Å². The second-order valence-corrected chi connectivity index (χ2v) is 4.95. The Labute approximate surface area is 105 Å². The molecule has 0 aliphatic heterocycles. The molecule has 5 heteroatoms. The summed E-state index contributed by atoms with van der Waals surface area (Å²) in [5, 5.41) is 10.7. The second-order valence-electron chi connectivity index (χ2n) is 4.95. The molecule has 94 valence electrons. The SMILES string of the molecule is NC(CC1CC1)C(=O)Nc1ccc2cn[nH]c2c1. The number of H-pyrrole nitrogens is 1. The van der Waals surface area contributed by atoms with Crippen molar-refractivity contribution in [3.8, 4) is 0 Å². The van der Waals surface area contributed by atoms with E-state index in [2.05, 4.69) is 15.5 Å². The van der Waals surface area contributed by atoms with Crippen LogP contribution < -0.4 is 11.1 Å². The molecule has 4 N–H and O–H groups in total. The molecule has 1 fully saturated rings. The number of carbonyl (C=O) groups is 1. The molecule has 0 saturated heterocycles. The van der Waals surface area contributed by atoms with E-state index in [1.165, 1.54) is 12.8 Å². The van der Waals surface area contributed by atoms with E-state index < -0.39 is 6.04 Å². The minimum atomic E-state index is -0.407. The largest absolute Gasteiger partial charge is 0.325 e. The van der Waals surface area contributed by atoms with Gasteiger partial charge in [-0.2, -0.15) is 5.10 Å². The first-order valence-corrected chi connectivity index (χ1v) is 6.22. The molecule has 1 heterocycles. The number of carbonyl (C=O) groups excluding carboxylic acids is 1. The van der Waals surface area contributed by atoms with Gasteiger partial charge >= 0.3 is 0 Å². The molecule has 1 atom stereocenters. The highest BCUT2D eigenvalue weighted by molar-refractivity contribution is 5.96. The van der Waals surface area contributed by atoms with Gasteiger partial charge in [-0.25, -0.2) is 0 Å². The summed E-state index contributed by atoms with van der Waals surface area (Å²) in [5.41, 5.74) is 7.53. The highest BCUT2D eigenvalue weighted by Crippen LogP contribution is 2.33. The van der Waals surface area contributed by atoms with Crippen LogP contribution in [-0.4, -0.2) is 22.1 Å². The van der Waals surface area contributed by atoms with Gasteiger partial charge in [0.15, 0.2) is 0 Å². The normalized spacial score (nSPS) is 16.7. The Hall–Kier alpha value is -1.88. The minimum Gasteiger partial charge on any atom is -0.325 e. The zero-order valence-corrected chi connectivity index (χ0v) is 10.0. The third kappa shape index (κ3) is 2.36. The van der Waals surface area contributed by atoms with E-state index in [-0.39, 0.29) is 5.91 Å². The third-order valence-corrected chi connectivity index (χ3v) is 3.33. The predicted molar refractivity (Wildman–Crippen MR) is 70.0 cm³/mol. The molecule has 1 aromatic carbocycles. The molecule has 2 aromatic rings. The van der Waals surface area contributed by atoms with Crippen LogP contribution in [0.4, 0.5) is 5.69 Å². The Kier molecular flexibility index (Phi) is 2.76. The van der Waals surface area contributed by atoms with Crippen LogP contribution in [0.2, 0.25) is 0 Å². The van der Waals surface area contributed by atoms with Crippen molar-refractivity contribution in [3.63, 3.8) is 0 Å². The molecule has 5 nitrogen and oxygen atoms in total. The van der Waals surface area contributed by atoms with Gasteiger partial charge in [-0.05, 0) is 30.5 Å². The van der Waals surface area contributed by atoms with Gasteiger partial charge in [0, 0.05) is 11.1 Å². The predicted octanol–water partition coefficient (Wildman–Crippen LogP) is 1.63. The number of hydrogen-bond donors (Lipinski definition) is 3. The van der Waals surface area contributed by atoms with Gasteiger partial charge in [0.25, 0.3) is 0 Å². The molecule has 1 saturated carbocycles. The summed E-state index contributed by atoms with van der Waals surface area (Å²) in [6.45, 7) is 0. The number of fused-ring (bicyclic) bond motifs is 1. The fourth-order valence-electron chi connectivity index (χ4n) is 2.07. The first-order valence-electron chi connectivity index (χ1n) is 6.22. The summed E-state index contributed by atoms with van der Waals surface area (Å²) in [6, 6.07) is 5.24. The van der Waals surface area contributed by atoms with Crippen molar-refractivity contribution in [3.05, 3.63) is 24.4 Å². The van der Waals surface area contributed by atoms with Gasteiger partial charge < -0.3 is 11.1 Å². The molecule has 1 unspecified atom stereocenters. The van der Waals surface area contributed by atoms with Crippen LogP contribution in [0.25, 0.3) is 10.9 Å². The van der Waals surface area contributed by atoms with Crippen molar-refractivity contribution in [2.45, 2.75) is 25.3 Å². The van der Waals surface area contributed by atoms with E-state index in [1.807, 2.05) is 18.2 Å². The number of amides is 1. The molecule has 0 bridgehead atoms. The fraction of sp³-hybridized carbons (Fsp3) is 0.385. The lowest BCUT2D eigenvalue weighted by Gasteiger charge is -2.11. The highest BCUT2D eigenvalue weighted by Gasteiger charge is 2.26. The minimum absolute atomic E-state index is 0.110. The van der Waals surface area contributed by atoms with Crippen LogP contribution in [0.5, 0.6) is 0 Å². The molecule has 3 rings (SSSR count). The molecule has 18 heavy (non-hydrogen) atoms. The standard InChI is InChI=1S/C13H16N4O/c14-11(5-8-1-2-8)13(18)16-10-4-3-9-7-15-17-12(9)6-10/h3-4,6-8,11H,1-2,5,14H2,(H,15,17)(H,16,18). The Bertz CT molecular complexity index is 573. The van der Waals surface area contributed by atoms with Crippen molar-refractivity contribution >= 4 is 22.5 Å². The molecule has 1 amide bonds. The van der Waals surface area contributed by atoms with Crippen molar-refractivity contribution in [1.82, 2.24) is 10.2 Å². The van der Waals surface area contributed by atoms with Gasteiger partial charge in [0.1, 0.15) is 0 Å². The maximum atomic E-state index is 11.9. The zero-order valence-electron chi connectivity index (χ0n) is 10.0. The average Bonchev–Trinajstić information content (AvgIpc) is 3.05. The lowest BCUT2D eigenvalue weighted by atomic mass is 10.1. The van der Waals surface area contributed by atoms with Crippen molar-refractivity contribution in [2.75, 3.05) is 5.32 Å². The van der Waals surface area contributed by atoms with Crippen LogP contribution in [0.3, 0.4) is 0 Å². The summed E-state index contributed by atoms with van der Waals surface area (Å²) < 4.78 is 0. The van der Waals surface area contributed by atoms with Crippen molar-refractivity contribution in [2.24, 2.45) is 11.7 Å². The summed E-state index contributed by atoms with van der Waals surface area (Å²) in [4.78, 5) is 11.9. The van der Waals surface area contributed by atoms with Crippen LogP contribution >= 0.6 is 0 Å². The van der Waals surface area contributed by atoms with E-state index in [4.69, 9.17) is 5.73 Å². The van der Waals surface area contributed by atoms with E-state index >= 15 is 0 Å². The molecular formula is C13H16N4O. The lowest BCUT2D eigenvalue weighted by Crippen LogP contribution is -2.35. The molecule has 0 radical (unpaired) electrons. The summed E-state index contributed by atoms with van der Waals surface area (Å²) in [5.74, 6) is 0.543. The number of nitrogens with two attached hydrogens (primary N) is 1. The number of nitrogens with zero attached hydrogens (tertiary/aromatic N) is 1. The number of aromatic amines is 1. The monoisotopic (exact) mass is 244 g/mol. The molecule has 1 aliphatic rings. The van der Waals surface area contributed by atoms with Gasteiger partial charge in [0.05, 0.1) is 17.8 Å². The molecule has 1 aliphatic carbocycles. The number of hydrogen-bond acceptors (Lipinski definition) is 3. The van der Waals surface area contributed by atoms with Gasteiger partial charge in [-0.1, -0.05) is 12.8 Å². The van der Waals surface area contributed by atoms with Crippen LogP contribution in [0, 0.1) is 5.92 Å². The zero-order chi connectivity index (χ0) is 12.5. The summed E-state index contributed by atoms with van der Waals surface area (Å²) >= 11 is 0. The fourth-order valence-corrected chi connectivity index (χ4v) is 2.07. The molecular weight excluding hydrogens is 228 g/mol. The van der Waals surface area contributed by atoms with Crippen molar-refractivity contribution in [1.29, 1.82) is 0 Å². The van der Waals surface area contributed by atoms with Gasteiger partial charge in [0.2, 0.25) is 5.91 Å². The first-order chi connectivity index (χ1) is 8.72. The summed E-state index contributed by atoms with van der Waals surface area (Å²) in [7, 11) is 0. The number of aromatic nitrogens is 2. The number of nitrogens with one attached hydrogen (secondary N) is 2. The van der Waals surface area contributed by atoms with Gasteiger partial charge in [-0.3, -0.25) is 9.89 Å². The average molecular weight is 244 g/mol. The molecule has 0 spiro atoms. The number of anilines is 1. The van der Waals surface area contributed by atoms with E-state index in [0.29, 0.717) is 5.92 Å². The highest BCUT2D eigenvalue weighted by atomic mass is 16.2. The smallest absolute Gasteiger partial charge is 0.241 e. The molecule has 1 aromatic heterocycles. The Morgan fingerprint density at radius 3 is 3.17 bits per heavy atom. The van der Waals surface area contributed by atoms with Crippen molar-refractivity contribution < 1.29 is 4.79 Å².